The fourth-order valence-corrected chi connectivity index (χ4v) is 5.59. The summed E-state index contributed by atoms with van der Waals surface area (Å²) in [7, 11) is 0. The van der Waals surface area contributed by atoms with E-state index in [1.54, 1.807) is 32.2 Å². The Balaban J connectivity index is 1.72. The van der Waals surface area contributed by atoms with Crippen LogP contribution in [0.3, 0.4) is 0 Å². The van der Waals surface area contributed by atoms with Crippen molar-refractivity contribution in [2.45, 2.75) is 58.1 Å². The Bertz CT molecular complexity index is 1180. The number of amides is 3. The second-order valence-corrected chi connectivity index (χ2v) is 11.1. The van der Waals surface area contributed by atoms with E-state index in [-0.39, 0.29) is 28.8 Å². The van der Waals surface area contributed by atoms with Crippen LogP contribution in [-0.4, -0.2) is 74.2 Å². The predicted molar refractivity (Wildman–Crippen MR) is 137 cm³/mol. The molecular weight excluding hydrogens is 524 g/mol. The van der Waals surface area contributed by atoms with E-state index in [4.69, 9.17) is 9.47 Å². The summed E-state index contributed by atoms with van der Waals surface area (Å²) < 4.78 is 10.1. The normalized spacial score (nSPS) is 19.5. The number of carboxylic acid groups (broad SMARTS) is 1. The van der Waals surface area contributed by atoms with Gasteiger partial charge in [-0.2, -0.15) is 0 Å². The van der Waals surface area contributed by atoms with Gasteiger partial charge in [0.25, 0.3) is 11.8 Å². The van der Waals surface area contributed by atoms with Crippen molar-refractivity contribution in [3.8, 4) is 0 Å². The SMILES string of the molecule is CC/C=C(\C(=O)NC1C(=O)N2C(C(=O)O)=C(COC(C)=O)CS[C@H]12)c1csc(NC(=O)OC(C)(C)C)n1. The molecule has 1 aromatic rings. The molecule has 2 aliphatic heterocycles. The molecule has 3 amide bonds. The number of ether oxygens (including phenoxy) is 2. The van der Waals surface area contributed by atoms with Gasteiger partial charge in [0.2, 0.25) is 0 Å². The lowest BCUT2D eigenvalue weighted by atomic mass is 10.0. The molecule has 37 heavy (non-hydrogen) atoms. The van der Waals surface area contributed by atoms with Crippen molar-refractivity contribution in [3.05, 3.63) is 28.4 Å². The molecule has 2 atom stereocenters. The van der Waals surface area contributed by atoms with Crippen LogP contribution in [0.15, 0.2) is 22.7 Å². The quantitative estimate of drug-likeness (QED) is 0.248. The van der Waals surface area contributed by atoms with Crippen LogP contribution in [0, 0.1) is 0 Å². The number of carbonyl (C=O) groups excluding carboxylic acids is 4. The molecule has 1 aromatic heterocycles. The summed E-state index contributed by atoms with van der Waals surface area (Å²) in [4.78, 5) is 66.5. The fourth-order valence-electron chi connectivity index (χ4n) is 3.57. The van der Waals surface area contributed by atoms with Gasteiger partial charge in [-0.1, -0.05) is 13.0 Å². The minimum atomic E-state index is -1.32. The maximum atomic E-state index is 13.1. The minimum absolute atomic E-state index is 0.215. The molecule has 0 spiro atoms. The highest BCUT2D eigenvalue weighted by molar-refractivity contribution is 8.00. The molecular formula is C23H28N4O8S2. The molecule has 0 aromatic carbocycles. The molecule has 3 heterocycles. The number of rotatable bonds is 8. The van der Waals surface area contributed by atoms with Gasteiger partial charge >= 0.3 is 18.0 Å². The zero-order valence-corrected chi connectivity index (χ0v) is 22.6. The third-order valence-corrected chi connectivity index (χ3v) is 7.12. The lowest BCUT2D eigenvalue weighted by Crippen LogP contribution is -2.70. The predicted octanol–water partition coefficient (Wildman–Crippen LogP) is 2.59. The van der Waals surface area contributed by atoms with Gasteiger partial charge in [0.1, 0.15) is 29.3 Å². The first kappa shape index (κ1) is 28.2. The zero-order chi connectivity index (χ0) is 27.5. The first-order valence-corrected chi connectivity index (χ1v) is 13.3. The smallest absolute Gasteiger partial charge is 0.413 e. The number of hydrogen-bond donors (Lipinski definition) is 3. The van der Waals surface area contributed by atoms with E-state index in [0.29, 0.717) is 17.7 Å². The Morgan fingerprint density at radius 1 is 1.30 bits per heavy atom. The van der Waals surface area contributed by atoms with E-state index in [0.717, 1.165) is 16.2 Å². The Labute approximate surface area is 221 Å². The van der Waals surface area contributed by atoms with Crippen LogP contribution in [0.5, 0.6) is 0 Å². The number of carboxylic acids is 1. The van der Waals surface area contributed by atoms with Crippen LogP contribution >= 0.6 is 23.1 Å². The lowest BCUT2D eigenvalue weighted by molar-refractivity contribution is -0.150. The number of anilines is 1. The standard InChI is InChI=1S/C23H28N4O8S2/c1-6-7-13(14-10-37-21(24-14)26-22(33)35-23(3,4)5)17(29)25-15-18(30)27-16(20(31)32)12(8-34-11(2)28)9-36-19(15)27/h7,10,15,19H,6,8-9H2,1-5H3,(H,25,29)(H,31,32)(H,24,26,33)/b13-7-/t15?,19-/m1/s1. The Morgan fingerprint density at radius 3 is 2.59 bits per heavy atom. The highest BCUT2D eigenvalue weighted by Gasteiger charge is 2.54. The molecule has 1 saturated heterocycles. The molecule has 0 aliphatic carbocycles. The van der Waals surface area contributed by atoms with E-state index in [1.165, 1.54) is 18.7 Å². The van der Waals surface area contributed by atoms with E-state index in [2.05, 4.69) is 15.6 Å². The van der Waals surface area contributed by atoms with Crippen molar-refractivity contribution in [1.82, 2.24) is 15.2 Å². The van der Waals surface area contributed by atoms with E-state index in [1.807, 2.05) is 6.92 Å². The van der Waals surface area contributed by atoms with Crippen LogP contribution in [0.1, 0.15) is 46.7 Å². The summed E-state index contributed by atoms with van der Waals surface area (Å²) in [6.07, 6.45) is 1.48. The average Bonchev–Trinajstić information content (AvgIpc) is 3.24. The third kappa shape index (κ3) is 6.68. The lowest BCUT2D eigenvalue weighted by Gasteiger charge is -2.49. The summed E-state index contributed by atoms with van der Waals surface area (Å²) >= 11 is 2.38. The molecule has 200 valence electrons. The van der Waals surface area contributed by atoms with E-state index in [9.17, 15) is 29.1 Å². The molecule has 12 nitrogen and oxygen atoms in total. The van der Waals surface area contributed by atoms with Gasteiger partial charge in [-0.3, -0.25) is 24.6 Å². The molecule has 0 saturated carbocycles. The maximum absolute atomic E-state index is 13.1. The van der Waals surface area contributed by atoms with Gasteiger partial charge in [-0.25, -0.2) is 14.6 Å². The Hall–Kier alpha value is -3.39. The number of thiazole rings is 1. The number of β-lactam (4-membered cyclic amide) rings is 1. The van der Waals surface area contributed by atoms with Crippen molar-refractivity contribution in [2.24, 2.45) is 0 Å². The Kier molecular flexibility index (Phi) is 8.64. The van der Waals surface area contributed by atoms with E-state index >= 15 is 0 Å². The van der Waals surface area contributed by atoms with Gasteiger partial charge in [0, 0.05) is 23.6 Å². The second kappa shape index (κ2) is 11.3. The monoisotopic (exact) mass is 552 g/mol. The van der Waals surface area contributed by atoms with Crippen LogP contribution in [-0.2, 0) is 28.7 Å². The van der Waals surface area contributed by atoms with Crippen molar-refractivity contribution in [1.29, 1.82) is 0 Å². The number of carbonyl (C=O) groups is 5. The number of aliphatic carboxylic acids is 1. The first-order chi connectivity index (χ1) is 17.3. The van der Waals surface area contributed by atoms with Crippen molar-refractivity contribution >= 4 is 63.6 Å². The third-order valence-electron chi connectivity index (χ3n) is 5.03. The second-order valence-electron chi connectivity index (χ2n) is 9.09. The molecule has 1 unspecified atom stereocenters. The molecule has 0 radical (unpaired) electrons. The average molecular weight is 553 g/mol. The summed E-state index contributed by atoms with van der Waals surface area (Å²) in [6, 6.07) is -0.944. The molecule has 3 rings (SSSR count). The maximum Gasteiger partial charge on any atom is 0.413 e. The first-order valence-electron chi connectivity index (χ1n) is 11.3. The van der Waals surface area contributed by atoms with Crippen molar-refractivity contribution < 1.29 is 38.6 Å². The largest absolute Gasteiger partial charge is 0.477 e. The number of thioether (sulfide) groups is 1. The van der Waals surface area contributed by atoms with Gasteiger partial charge in [0.05, 0.1) is 11.3 Å². The van der Waals surface area contributed by atoms with Crippen LogP contribution in [0.4, 0.5) is 9.93 Å². The van der Waals surface area contributed by atoms with E-state index < -0.39 is 46.9 Å². The number of nitrogens with zero attached hydrogens (tertiary/aromatic N) is 2. The summed E-state index contributed by atoms with van der Waals surface area (Å²) in [5.74, 6) is -2.79. The molecule has 2 aliphatic rings. The number of nitrogens with one attached hydrogen (secondary N) is 2. The van der Waals surface area contributed by atoms with Crippen LogP contribution in [0.2, 0.25) is 0 Å². The molecule has 1 fully saturated rings. The number of esters is 1. The highest BCUT2D eigenvalue weighted by Crippen LogP contribution is 2.40. The fraction of sp³-hybridized carbons (Fsp3) is 0.478. The molecule has 3 N–H and O–H groups in total. The Morgan fingerprint density at radius 2 is 2.00 bits per heavy atom. The zero-order valence-electron chi connectivity index (χ0n) is 20.9. The van der Waals surface area contributed by atoms with Gasteiger partial charge < -0.3 is 19.9 Å². The summed E-state index contributed by atoms with van der Waals surface area (Å²) in [6.45, 7) is 8.01. The number of hydrogen-bond acceptors (Lipinski definition) is 10. The minimum Gasteiger partial charge on any atom is -0.477 e. The highest BCUT2D eigenvalue weighted by atomic mass is 32.2. The summed E-state index contributed by atoms with van der Waals surface area (Å²) in [5, 5.41) is 16.1. The van der Waals surface area contributed by atoms with Crippen LogP contribution < -0.4 is 10.6 Å². The number of aromatic nitrogens is 1. The summed E-state index contributed by atoms with van der Waals surface area (Å²) in [5.41, 5.74) is -0.0878. The number of allylic oxidation sites excluding steroid dienone is 1. The number of fused-ring (bicyclic) bond motifs is 1. The van der Waals surface area contributed by atoms with Gasteiger partial charge in [-0.15, -0.1) is 23.1 Å². The van der Waals surface area contributed by atoms with Crippen molar-refractivity contribution in [3.63, 3.8) is 0 Å². The van der Waals surface area contributed by atoms with Gasteiger partial charge in [-0.05, 0) is 27.2 Å². The topological polar surface area (TPSA) is 164 Å². The van der Waals surface area contributed by atoms with Crippen LogP contribution in [0.25, 0.3) is 5.57 Å². The molecule has 0 bridgehead atoms. The van der Waals surface area contributed by atoms with Crippen molar-refractivity contribution in [2.75, 3.05) is 17.7 Å². The van der Waals surface area contributed by atoms with Gasteiger partial charge in [0.15, 0.2) is 5.13 Å². The molecule has 14 heteroatoms.